The van der Waals surface area contributed by atoms with Crippen molar-refractivity contribution in [1.82, 2.24) is 0 Å². The van der Waals surface area contributed by atoms with Crippen LogP contribution in [0.15, 0.2) is 65.1 Å². The normalized spacial score (nSPS) is 10.7. The molecule has 3 aromatic rings. The predicted molar refractivity (Wildman–Crippen MR) is 90.5 cm³/mol. The molecule has 3 aromatic carbocycles. The average Bonchev–Trinajstić information content (AvgIpc) is 2.47. The van der Waals surface area contributed by atoms with Gasteiger partial charge in [0.2, 0.25) is 0 Å². The lowest BCUT2D eigenvalue weighted by molar-refractivity contribution is 0.0994. The topological polar surface area (TPSA) is 43.1 Å². The number of carbonyl (C=O) groups excluding carboxylic acids is 1. The second-order valence-corrected chi connectivity index (χ2v) is 5.89. The van der Waals surface area contributed by atoms with Gasteiger partial charge in [-0.25, -0.2) is 0 Å². The first-order valence-corrected chi connectivity index (χ1v) is 7.49. The van der Waals surface area contributed by atoms with Crippen molar-refractivity contribution < 1.29 is 4.79 Å². The molecule has 0 saturated carbocycles. The number of hydrogen-bond acceptors (Lipinski definition) is 2. The van der Waals surface area contributed by atoms with Gasteiger partial charge in [-0.1, -0.05) is 58.4 Å². The zero-order valence-electron chi connectivity index (χ0n) is 11.3. The van der Waals surface area contributed by atoms with Crippen molar-refractivity contribution in [2.45, 2.75) is 6.42 Å². The quantitative estimate of drug-likeness (QED) is 0.559. The maximum atomic E-state index is 12.5. The number of carbonyl (C=O) groups is 1. The molecule has 0 fully saturated rings. The van der Waals surface area contributed by atoms with E-state index in [-0.39, 0.29) is 5.78 Å². The van der Waals surface area contributed by atoms with Gasteiger partial charge in [0, 0.05) is 22.1 Å². The van der Waals surface area contributed by atoms with Crippen molar-refractivity contribution in [2.24, 2.45) is 0 Å². The first-order valence-electron chi connectivity index (χ1n) is 6.70. The summed E-state index contributed by atoms with van der Waals surface area (Å²) in [6, 6.07) is 19.5. The molecule has 104 valence electrons. The Morgan fingerprint density at radius 3 is 2.57 bits per heavy atom. The van der Waals surface area contributed by atoms with Gasteiger partial charge in [-0.3, -0.25) is 4.79 Å². The van der Waals surface area contributed by atoms with Crippen LogP contribution in [0.1, 0.15) is 15.9 Å². The summed E-state index contributed by atoms with van der Waals surface area (Å²) in [5, 5.41) is 2.26. The molecule has 0 atom stereocenters. The Kier molecular flexibility index (Phi) is 3.76. The fourth-order valence-electron chi connectivity index (χ4n) is 2.50. The molecule has 0 unspecified atom stereocenters. The molecule has 21 heavy (non-hydrogen) atoms. The molecule has 3 heteroatoms. The van der Waals surface area contributed by atoms with Gasteiger partial charge in [0.1, 0.15) is 0 Å². The van der Waals surface area contributed by atoms with Gasteiger partial charge in [-0.15, -0.1) is 0 Å². The molecule has 2 nitrogen and oxygen atoms in total. The molecule has 0 aliphatic carbocycles. The van der Waals surface area contributed by atoms with E-state index in [1.807, 2.05) is 36.4 Å². The third-order valence-corrected chi connectivity index (χ3v) is 4.04. The van der Waals surface area contributed by atoms with E-state index < -0.39 is 0 Å². The molecule has 0 bridgehead atoms. The molecular formula is C18H14BrNO. The van der Waals surface area contributed by atoms with Crippen LogP contribution in [0.3, 0.4) is 0 Å². The van der Waals surface area contributed by atoms with E-state index in [0.717, 1.165) is 20.8 Å². The number of ketones is 1. The van der Waals surface area contributed by atoms with Crippen molar-refractivity contribution in [3.8, 4) is 0 Å². The van der Waals surface area contributed by atoms with E-state index in [1.165, 1.54) is 0 Å². The van der Waals surface area contributed by atoms with E-state index >= 15 is 0 Å². The summed E-state index contributed by atoms with van der Waals surface area (Å²) in [4.78, 5) is 12.5. The highest BCUT2D eigenvalue weighted by Crippen LogP contribution is 2.23. The Bertz CT molecular complexity index is 821. The second kappa shape index (κ2) is 5.70. The first-order chi connectivity index (χ1) is 10.1. The van der Waals surface area contributed by atoms with Crippen molar-refractivity contribution in [1.29, 1.82) is 0 Å². The number of hydrogen-bond donors (Lipinski definition) is 1. The Labute approximate surface area is 131 Å². The highest BCUT2D eigenvalue weighted by molar-refractivity contribution is 9.10. The van der Waals surface area contributed by atoms with Gasteiger partial charge < -0.3 is 5.73 Å². The summed E-state index contributed by atoms with van der Waals surface area (Å²) in [6.45, 7) is 0. The second-order valence-electron chi connectivity index (χ2n) is 4.97. The SMILES string of the molecule is Nc1cc(Br)ccc1C(=O)Cc1cccc2ccccc12. The molecule has 0 amide bonds. The third kappa shape index (κ3) is 2.83. The largest absolute Gasteiger partial charge is 0.398 e. The van der Waals surface area contributed by atoms with Crippen LogP contribution in [-0.2, 0) is 6.42 Å². The lowest BCUT2D eigenvalue weighted by Crippen LogP contribution is -2.07. The summed E-state index contributed by atoms with van der Waals surface area (Å²) in [7, 11) is 0. The summed E-state index contributed by atoms with van der Waals surface area (Å²) >= 11 is 3.35. The van der Waals surface area contributed by atoms with Crippen LogP contribution in [0.25, 0.3) is 10.8 Å². The fraction of sp³-hybridized carbons (Fsp3) is 0.0556. The monoisotopic (exact) mass is 339 g/mol. The summed E-state index contributed by atoms with van der Waals surface area (Å²) in [5.74, 6) is 0.0383. The maximum Gasteiger partial charge on any atom is 0.169 e. The number of halogens is 1. The molecule has 0 saturated heterocycles. The van der Waals surface area contributed by atoms with Gasteiger partial charge in [0.05, 0.1) is 0 Å². The number of benzene rings is 3. The Balaban J connectivity index is 1.97. The number of rotatable bonds is 3. The van der Waals surface area contributed by atoms with Crippen molar-refractivity contribution in [2.75, 3.05) is 5.73 Å². The van der Waals surface area contributed by atoms with Crippen LogP contribution in [0.5, 0.6) is 0 Å². The number of nitrogens with two attached hydrogens (primary N) is 1. The van der Waals surface area contributed by atoms with E-state index in [2.05, 4.69) is 28.1 Å². The molecule has 0 heterocycles. The van der Waals surface area contributed by atoms with Gasteiger partial charge in [-0.05, 0) is 34.5 Å². The van der Waals surface area contributed by atoms with Gasteiger partial charge >= 0.3 is 0 Å². The lowest BCUT2D eigenvalue weighted by atomic mass is 9.97. The highest BCUT2D eigenvalue weighted by Gasteiger charge is 2.12. The molecule has 0 aliphatic rings. The Morgan fingerprint density at radius 2 is 1.76 bits per heavy atom. The van der Waals surface area contributed by atoms with Crippen LogP contribution in [0.4, 0.5) is 5.69 Å². The molecular weight excluding hydrogens is 326 g/mol. The van der Waals surface area contributed by atoms with Crippen LogP contribution in [0, 0.1) is 0 Å². The van der Waals surface area contributed by atoms with Crippen LogP contribution >= 0.6 is 15.9 Å². The molecule has 2 N–H and O–H groups in total. The van der Waals surface area contributed by atoms with E-state index in [4.69, 9.17) is 5.73 Å². The minimum atomic E-state index is 0.0383. The van der Waals surface area contributed by atoms with E-state index in [1.54, 1.807) is 12.1 Å². The van der Waals surface area contributed by atoms with Crippen LogP contribution in [0.2, 0.25) is 0 Å². The average molecular weight is 340 g/mol. The number of fused-ring (bicyclic) bond motifs is 1. The lowest BCUT2D eigenvalue weighted by Gasteiger charge is -2.08. The number of nitrogen functional groups attached to an aromatic ring is 1. The zero-order chi connectivity index (χ0) is 14.8. The molecule has 0 spiro atoms. The van der Waals surface area contributed by atoms with Gasteiger partial charge in [-0.2, -0.15) is 0 Å². The number of anilines is 1. The number of Topliss-reactive ketones (excluding diaryl/α,β-unsaturated/α-hetero) is 1. The molecule has 0 aliphatic heterocycles. The molecule has 0 aromatic heterocycles. The van der Waals surface area contributed by atoms with Crippen molar-refractivity contribution in [3.05, 3.63) is 76.3 Å². The van der Waals surface area contributed by atoms with Gasteiger partial charge in [0.15, 0.2) is 5.78 Å². The molecule has 3 rings (SSSR count). The summed E-state index contributed by atoms with van der Waals surface area (Å²) in [5.41, 5.74) is 8.05. The predicted octanol–water partition coefficient (Wildman–Crippen LogP) is 4.61. The smallest absolute Gasteiger partial charge is 0.169 e. The van der Waals surface area contributed by atoms with Crippen LogP contribution < -0.4 is 5.73 Å². The van der Waals surface area contributed by atoms with Crippen molar-refractivity contribution in [3.63, 3.8) is 0 Å². The minimum absolute atomic E-state index is 0.0383. The highest BCUT2D eigenvalue weighted by atomic mass is 79.9. The van der Waals surface area contributed by atoms with Gasteiger partial charge in [0.25, 0.3) is 0 Å². The van der Waals surface area contributed by atoms with Crippen molar-refractivity contribution >= 4 is 38.2 Å². The molecule has 0 radical (unpaired) electrons. The van der Waals surface area contributed by atoms with Crippen LogP contribution in [-0.4, -0.2) is 5.78 Å². The van der Waals surface area contributed by atoms with E-state index in [0.29, 0.717) is 17.7 Å². The van der Waals surface area contributed by atoms with E-state index in [9.17, 15) is 4.79 Å². The Hall–Kier alpha value is -2.13. The summed E-state index contributed by atoms with van der Waals surface area (Å²) < 4.78 is 0.877. The minimum Gasteiger partial charge on any atom is -0.398 e. The maximum absolute atomic E-state index is 12.5. The standard InChI is InChI=1S/C18H14BrNO/c19-14-8-9-16(17(20)11-14)18(21)10-13-6-3-5-12-4-1-2-7-15(12)13/h1-9,11H,10,20H2. The Morgan fingerprint density at radius 1 is 1.00 bits per heavy atom. The summed E-state index contributed by atoms with van der Waals surface area (Å²) in [6.07, 6.45) is 0.354. The first kappa shape index (κ1) is 13.8. The fourth-order valence-corrected chi connectivity index (χ4v) is 2.88. The third-order valence-electron chi connectivity index (χ3n) is 3.54. The zero-order valence-corrected chi connectivity index (χ0v) is 12.9.